The molecule has 14 heavy (non-hydrogen) atoms. The Bertz CT molecular complexity index is 334. The van der Waals surface area contributed by atoms with Gasteiger partial charge in [-0.3, -0.25) is 4.79 Å². The Labute approximate surface area is 86.2 Å². The van der Waals surface area contributed by atoms with Crippen molar-refractivity contribution >= 4 is 22.4 Å². The van der Waals surface area contributed by atoms with Gasteiger partial charge in [-0.1, -0.05) is 16.6 Å². The third-order valence-corrected chi connectivity index (χ3v) is 2.83. The molecule has 0 bridgehead atoms. The molecule has 1 aliphatic carbocycles. The summed E-state index contributed by atoms with van der Waals surface area (Å²) < 4.78 is 3.68. The van der Waals surface area contributed by atoms with Crippen molar-refractivity contribution in [2.75, 3.05) is 5.32 Å². The van der Waals surface area contributed by atoms with E-state index in [9.17, 15) is 4.79 Å². The van der Waals surface area contributed by atoms with Crippen LogP contribution in [0.3, 0.4) is 0 Å². The Morgan fingerprint density at radius 2 is 2.50 bits per heavy atom. The molecule has 4 nitrogen and oxygen atoms in total. The van der Waals surface area contributed by atoms with Crippen LogP contribution in [0, 0.1) is 5.92 Å². The monoisotopic (exact) mass is 209 g/mol. The van der Waals surface area contributed by atoms with Crippen molar-refractivity contribution in [1.82, 2.24) is 9.59 Å². The highest BCUT2D eigenvalue weighted by molar-refractivity contribution is 7.10. The Morgan fingerprint density at radius 3 is 3.14 bits per heavy atom. The molecule has 0 fully saturated rings. The van der Waals surface area contributed by atoms with Crippen LogP contribution in [0.2, 0.25) is 0 Å². The lowest BCUT2D eigenvalue weighted by Crippen LogP contribution is -2.22. The highest BCUT2D eigenvalue weighted by Crippen LogP contribution is 2.20. The number of anilines is 1. The first-order valence-electron chi connectivity index (χ1n) is 4.59. The van der Waals surface area contributed by atoms with Gasteiger partial charge in [-0.05, 0) is 19.3 Å². The van der Waals surface area contributed by atoms with Gasteiger partial charge in [0.25, 0.3) is 0 Å². The molecule has 0 saturated heterocycles. The second-order valence-corrected chi connectivity index (χ2v) is 4.04. The molecule has 2 rings (SSSR count). The lowest BCUT2D eigenvalue weighted by atomic mass is 9.94. The molecule has 1 aliphatic rings. The van der Waals surface area contributed by atoms with Gasteiger partial charge < -0.3 is 5.32 Å². The molecule has 0 unspecified atom stereocenters. The third kappa shape index (κ3) is 2.17. The van der Waals surface area contributed by atoms with Gasteiger partial charge in [0, 0.05) is 17.5 Å². The van der Waals surface area contributed by atoms with Crippen molar-refractivity contribution < 1.29 is 4.79 Å². The minimum absolute atomic E-state index is 0.0837. The summed E-state index contributed by atoms with van der Waals surface area (Å²) in [6.45, 7) is 0. The van der Waals surface area contributed by atoms with Crippen molar-refractivity contribution in [3.63, 3.8) is 0 Å². The molecule has 5 heteroatoms. The minimum Gasteiger partial charge on any atom is -0.315 e. The number of hydrogen-bond acceptors (Lipinski definition) is 4. The Hall–Kier alpha value is -1.23. The fraction of sp³-hybridized carbons (Fsp3) is 0.444. The van der Waals surface area contributed by atoms with E-state index in [-0.39, 0.29) is 11.8 Å². The summed E-state index contributed by atoms with van der Waals surface area (Å²) in [5.74, 6) is 0.197. The predicted octanol–water partition coefficient (Wildman–Crippen LogP) is 1.83. The molecule has 74 valence electrons. The summed E-state index contributed by atoms with van der Waals surface area (Å²) in [5, 5.41) is 7.20. The van der Waals surface area contributed by atoms with Gasteiger partial charge in [0.2, 0.25) is 5.91 Å². The zero-order valence-electron chi connectivity index (χ0n) is 7.64. The molecule has 0 radical (unpaired) electrons. The second kappa shape index (κ2) is 4.32. The zero-order chi connectivity index (χ0) is 9.80. The predicted molar refractivity (Wildman–Crippen MR) is 55.0 cm³/mol. The zero-order valence-corrected chi connectivity index (χ0v) is 8.46. The number of carbonyl (C=O) groups excluding carboxylic acids is 1. The van der Waals surface area contributed by atoms with Gasteiger partial charge >= 0.3 is 0 Å². The van der Waals surface area contributed by atoms with Crippen molar-refractivity contribution in [3.05, 3.63) is 18.3 Å². The number of nitrogens with one attached hydrogen (secondary N) is 1. The molecular formula is C9H11N3OS. The number of hydrogen-bond donors (Lipinski definition) is 1. The number of carbonyl (C=O) groups is 1. The largest absolute Gasteiger partial charge is 0.315 e. The van der Waals surface area contributed by atoms with E-state index in [0.29, 0.717) is 0 Å². The van der Waals surface area contributed by atoms with Crippen LogP contribution in [0.25, 0.3) is 0 Å². The van der Waals surface area contributed by atoms with Crippen LogP contribution in [0.1, 0.15) is 19.3 Å². The third-order valence-electron chi connectivity index (χ3n) is 2.25. The van der Waals surface area contributed by atoms with E-state index >= 15 is 0 Å². The van der Waals surface area contributed by atoms with Crippen LogP contribution in [0.15, 0.2) is 18.3 Å². The average molecular weight is 209 g/mol. The van der Waals surface area contributed by atoms with Crippen molar-refractivity contribution in [1.29, 1.82) is 0 Å². The van der Waals surface area contributed by atoms with E-state index in [2.05, 4.69) is 27.1 Å². The number of nitrogens with zero attached hydrogens (tertiary/aromatic N) is 2. The van der Waals surface area contributed by atoms with Crippen LogP contribution >= 0.6 is 11.5 Å². The maximum Gasteiger partial charge on any atom is 0.228 e. The molecule has 1 aromatic heterocycles. The number of aromatic nitrogens is 2. The van der Waals surface area contributed by atoms with Crippen LogP contribution < -0.4 is 5.32 Å². The van der Waals surface area contributed by atoms with E-state index < -0.39 is 0 Å². The molecule has 0 aliphatic heterocycles. The van der Waals surface area contributed by atoms with Gasteiger partial charge in [0.15, 0.2) is 0 Å². The highest BCUT2D eigenvalue weighted by Gasteiger charge is 2.18. The molecule has 1 aromatic rings. The fourth-order valence-electron chi connectivity index (χ4n) is 1.48. The molecule has 0 spiro atoms. The standard InChI is InChI=1S/C9H11N3OS/c13-9(7-4-2-1-3-5-7)11-8-6-10-12-14-8/h1-2,6-7H,3-5H2,(H,11,13)/t7-/m1/s1. The maximum absolute atomic E-state index is 11.7. The van der Waals surface area contributed by atoms with E-state index in [0.717, 1.165) is 24.3 Å². The average Bonchev–Trinajstić information content (AvgIpc) is 2.72. The van der Waals surface area contributed by atoms with E-state index in [1.807, 2.05) is 0 Å². The fourth-order valence-corrected chi connectivity index (χ4v) is 1.90. The molecule has 1 heterocycles. The number of amides is 1. The van der Waals surface area contributed by atoms with Crippen LogP contribution in [0.4, 0.5) is 5.00 Å². The molecule has 1 amide bonds. The number of allylic oxidation sites excluding steroid dienone is 2. The summed E-state index contributed by atoms with van der Waals surface area (Å²) in [5.41, 5.74) is 0. The molecule has 0 aromatic carbocycles. The first-order valence-corrected chi connectivity index (χ1v) is 5.37. The van der Waals surface area contributed by atoms with Crippen LogP contribution in [0.5, 0.6) is 0 Å². The van der Waals surface area contributed by atoms with Crippen molar-refractivity contribution in [3.8, 4) is 0 Å². The highest BCUT2D eigenvalue weighted by atomic mass is 32.1. The molecule has 1 N–H and O–H groups in total. The van der Waals surface area contributed by atoms with E-state index in [4.69, 9.17) is 0 Å². The van der Waals surface area contributed by atoms with E-state index in [1.54, 1.807) is 6.20 Å². The summed E-state index contributed by atoms with van der Waals surface area (Å²) in [7, 11) is 0. The van der Waals surface area contributed by atoms with Crippen molar-refractivity contribution in [2.45, 2.75) is 19.3 Å². The van der Waals surface area contributed by atoms with Gasteiger partial charge in [-0.15, -0.1) is 5.10 Å². The molecular weight excluding hydrogens is 198 g/mol. The first-order chi connectivity index (χ1) is 6.86. The van der Waals surface area contributed by atoms with Crippen molar-refractivity contribution in [2.24, 2.45) is 5.92 Å². The summed E-state index contributed by atoms with van der Waals surface area (Å²) >= 11 is 1.20. The van der Waals surface area contributed by atoms with Gasteiger partial charge in [-0.25, -0.2) is 0 Å². The minimum atomic E-state index is 0.0837. The Kier molecular flexibility index (Phi) is 2.88. The lowest BCUT2D eigenvalue weighted by Gasteiger charge is -2.15. The SMILES string of the molecule is O=C(Nc1cnns1)[C@@H]1CC=CCC1. The van der Waals surface area contributed by atoms with Crippen LogP contribution in [-0.2, 0) is 4.79 Å². The topological polar surface area (TPSA) is 54.9 Å². The van der Waals surface area contributed by atoms with Gasteiger partial charge in [-0.2, -0.15) is 0 Å². The summed E-state index contributed by atoms with van der Waals surface area (Å²) in [4.78, 5) is 11.7. The first kappa shape index (κ1) is 9.33. The second-order valence-electron chi connectivity index (χ2n) is 3.25. The Morgan fingerprint density at radius 1 is 1.57 bits per heavy atom. The van der Waals surface area contributed by atoms with Gasteiger partial charge in [0.1, 0.15) is 5.00 Å². The van der Waals surface area contributed by atoms with Gasteiger partial charge in [0.05, 0.1) is 6.20 Å². The summed E-state index contributed by atoms with van der Waals surface area (Å²) in [6, 6.07) is 0. The lowest BCUT2D eigenvalue weighted by molar-refractivity contribution is -0.120. The Balaban J connectivity index is 1.92. The smallest absolute Gasteiger partial charge is 0.228 e. The maximum atomic E-state index is 11.7. The van der Waals surface area contributed by atoms with Crippen LogP contribution in [-0.4, -0.2) is 15.5 Å². The number of rotatable bonds is 2. The summed E-state index contributed by atoms with van der Waals surface area (Å²) in [6.07, 6.45) is 8.55. The normalized spacial score (nSPS) is 20.7. The quantitative estimate of drug-likeness (QED) is 0.756. The molecule has 0 saturated carbocycles. The molecule has 1 atom stereocenters. The van der Waals surface area contributed by atoms with E-state index in [1.165, 1.54) is 11.5 Å².